The number of hydrogen-bond acceptors (Lipinski definition) is 4. The number of aliphatic carboxylic acids is 1. The first-order valence-electron chi connectivity index (χ1n) is 6.80. The molecular formula is C13H25N3O2. The molecule has 0 aliphatic carbocycles. The summed E-state index contributed by atoms with van der Waals surface area (Å²) in [5, 5.41) is 8.75. The Bertz CT molecular complexity index is 291. The fraction of sp³-hybridized carbons (Fsp3) is 0.923. The van der Waals surface area contributed by atoms with Crippen molar-refractivity contribution in [3.05, 3.63) is 0 Å². The van der Waals surface area contributed by atoms with Gasteiger partial charge in [-0.25, -0.2) is 0 Å². The van der Waals surface area contributed by atoms with Crippen LogP contribution in [0.15, 0.2) is 0 Å². The van der Waals surface area contributed by atoms with E-state index in [9.17, 15) is 4.79 Å². The maximum atomic E-state index is 10.6. The van der Waals surface area contributed by atoms with Gasteiger partial charge in [0, 0.05) is 26.2 Å². The molecule has 2 fully saturated rings. The fourth-order valence-electron chi connectivity index (χ4n) is 3.11. The van der Waals surface area contributed by atoms with Gasteiger partial charge in [0.1, 0.15) is 0 Å². The van der Waals surface area contributed by atoms with Crippen molar-refractivity contribution in [2.24, 2.45) is 5.41 Å². The van der Waals surface area contributed by atoms with Crippen molar-refractivity contribution < 1.29 is 9.90 Å². The standard InChI is InChI=1S/C13H25N3O2/c1-14(2)7-8-15-5-3-13(4-6-15)10-16(11-13)9-12(17)18/h3-11H2,1-2H3,(H,17,18). The molecule has 2 aliphatic rings. The maximum absolute atomic E-state index is 10.6. The van der Waals surface area contributed by atoms with E-state index in [0.717, 1.165) is 26.2 Å². The van der Waals surface area contributed by atoms with Gasteiger partial charge in [-0.3, -0.25) is 9.69 Å². The number of nitrogens with zero attached hydrogens (tertiary/aromatic N) is 3. The van der Waals surface area contributed by atoms with E-state index in [0.29, 0.717) is 5.41 Å². The van der Waals surface area contributed by atoms with E-state index < -0.39 is 5.97 Å². The molecule has 0 amide bonds. The van der Waals surface area contributed by atoms with E-state index in [1.807, 2.05) is 0 Å². The van der Waals surface area contributed by atoms with Gasteiger partial charge < -0.3 is 14.9 Å². The SMILES string of the molecule is CN(C)CCN1CCC2(CC1)CN(CC(=O)O)C2. The molecule has 0 atom stereocenters. The van der Waals surface area contributed by atoms with Crippen LogP contribution in [0.25, 0.3) is 0 Å². The lowest BCUT2D eigenvalue weighted by Gasteiger charge is -2.53. The van der Waals surface area contributed by atoms with E-state index in [1.54, 1.807) is 0 Å². The molecule has 1 spiro atoms. The van der Waals surface area contributed by atoms with E-state index in [1.165, 1.54) is 25.9 Å². The largest absolute Gasteiger partial charge is 0.480 e. The third-order valence-electron chi connectivity index (χ3n) is 4.26. The summed E-state index contributed by atoms with van der Waals surface area (Å²) in [5.74, 6) is -0.701. The first-order chi connectivity index (χ1) is 8.49. The van der Waals surface area contributed by atoms with Crippen molar-refractivity contribution in [1.82, 2.24) is 14.7 Å². The van der Waals surface area contributed by atoms with Crippen LogP contribution in [0.5, 0.6) is 0 Å². The van der Waals surface area contributed by atoms with Crippen LogP contribution in [0, 0.1) is 5.41 Å². The third kappa shape index (κ3) is 3.43. The Morgan fingerprint density at radius 3 is 2.33 bits per heavy atom. The normalized spacial score (nSPS) is 24.4. The zero-order valence-corrected chi connectivity index (χ0v) is 11.6. The zero-order chi connectivity index (χ0) is 13.2. The van der Waals surface area contributed by atoms with Gasteiger partial charge in [-0.2, -0.15) is 0 Å². The van der Waals surface area contributed by atoms with Gasteiger partial charge in [0.25, 0.3) is 0 Å². The molecule has 0 aromatic heterocycles. The first-order valence-corrected chi connectivity index (χ1v) is 6.80. The van der Waals surface area contributed by atoms with Crippen molar-refractivity contribution in [3.8, 4) is 0 Å². The highest BCUT2D eigenvalue weighted by Gasteiger charge is 2.44. The number of hydrogen-bond donors (Lipinski definition) is 1. The molecule has 0 saturated carbocycles. The lowest BCUT2D eigenvalue weighted by Crippen LogP contribution is -2.61. The lowest BCUT2D eigenvalue weighted by molar-refractivity contribution is -0.143. The van der Waals surface area contributed by atoms with Crippen LogP contribution in [0.2, 0.25) is 0 Å². The van der Waals surface area contributed by atoms with Crippen LogP contribution < -0.4 is 0 Å². The molecule has 18 heavy (non-hydrogen) atoms. The maximum Gasteiger partial charge on any atom is 0.317 e. The van der Waals surface area contributed by atoms with E-state index >= 15 is 0 Å². The van der Waals surface area contributed by atoms with Crippen LogP contribution in [0.4, 0.5) is 0 Å². The minimum atomic E-state index is -0.701. The molecule has 2 rings (SSSR count). The minimum Gasteiger partial charge on any atom is -0.480 e. The highest BCUT2D eigenvalue weighted by atomic mass is 16.4. The van der Waals surface area contributed by atoms with Crippen LogP contribution in [-0.2, 0) is 4.79 Å². The second kappa shape index (κ2) is 5.55. The number of piperidine rings is 1. The number of likely N-dealkylation sites (N-methyl/N-ethyl adjacent to an activating group) is 1. The van der Waals surface area contributed by atoms with Crippen LogP contribution in [0.1, 0.15) is 12.8 Å². The summed E-state index contributed by atoms with van der Waals surface area (Å²) in [4.78, 5) is 17.4. The minimum absolute atomic E-state index is 0.214. The second-order valence-electron chi connectivity index (χ2n) is 6.18. The van der Waals surface area contributed by atoms with Crippen molar-refractivity contribution in [2.75, 3.05) is 59.9 Å². The fourth-order valence-corrected chi connectivity index (χ4v) is 3.11. The van der Waals surface area contributed by atoms with Gasteiger partial charge in [0.15, 0.2) is 0 Å². The molecule has 2 heterocycles. The smallest absolute Gasteiger partial charge is 0.317 e. The van der Waals surface area contributed by atoms with Gasteiger partial charge in [-0.05, 0) is 45.4 Å². The summed E-state index contributed by atoms with van der Waals surface area (Å²) < 4.78 is 0. The predicted octanol–water partition coefficient (Wildman–Crippen LogP) is 0.0304. The van der Waals surface area contributed by atoms with Gasteiger partial charge in [0.2, 0.25) is 0 Å². The molecule has 104 valence electrons. The Kier molecular flexibility index (Phi) is 4.25. The lowest BCUT2D eigenvalue weighted by atomic mass is 9.72. The van der Waals surface area contributed by atoms with Crippen LogP contribution in [-0.4, -0.2) is 85.7 Å². The third-order valence-corrected chi connectivity index (χ3v) is 4.26. The molecule has 1 N–H and O–H groups in total. The van der Waals surface area contributed by atoms with Crippen molar-refractivity contribution in [1.29, 1.82) is 0 Å². The Balaban J connectivity index is 1.67. The predicted molar refractivity (Wildman–Crippen MR) is 70.7 cm³/mol. The van der Waals surface area contributed by atoms with Gasteiger partial charge >= 0.3 is 5.97 Å². The van der Waals surface area contributed by atoms with Gasteiger partial charge in [0.05, 0.1) is 6.54 Å². The summed E-state index contributed by atoms with van der Waals surface area (Å²) in [6.07, 6.45) is 2.47. The molecule has 5 nitrogen and oxygen atoms in total. The number of carboxylic acids is 1. The topological polar surface area (TPSA) is 47.0 Å². The quantitative estimate of drug-likeness (QED) is 0.751. The Morgan fingerprint density at radius 2 is 1.83 bits per heavy atom. The summed E-state index contributed by atoms with van der Waals surface area (Å²) in [5.41, 5.74) is 0.435. The molecule has 2 aliphatic heterocycles. The molecular weight excluding hydrogens is 230 g/mol. The Morgan fingerprint density at radius 1 is 1.22 bits per heavy atom. The molecule has 0 radical (unpaired) electrons. The number of carbonyl (C=O) groups is 1. The Hall–Kier alpha value is -0.650. The van der Waals surface area contributed by atoms with E-state index in [4.69, 9.17) is 5.11 Å². The molecule has 0 bridgehead atoms. The zero-order valence-electron chi connectivity index (χ0n) is 11.6. The van der Waals surface area contributed by atoms with Crippen LogP contribution >= 0.6 is 0 Å². The summed E-state index contributed by atoms with van der Waals surface area (Å²) in [6.45, 7) is 6.82. The highest BCUT2D eigenvalue weighted by molar-refractivity contribution is 5.69. The average Bonchev–Trinajstić information content (AvgIpc) is 2.25. The molecule has 2 saturated heterocycles. The summed E-state index contributed by atoms with van der Waals surface area (Å²) in [7, 11) is 4.22. The molecule has 0 aromatic carbocycles. The number of carboxylic acid groups (broad SMARTS) is 1. The first kappa shape index (κ1) is 13.8. The van der Waals surface area contributed by atoms with Crippen molar-refractivity contribution in [2.45, 2.75) is 12.8 Å². The van der Waals surface area contributed by atoms with Crippen LogP contribution in [0.3, 0.4) is 0 Å². The molecule has 5 heteroatoms. The monoisotopic (exact) mass is 255 g/mol. The second-order valence-corrected chi connectivity index (χ2v) is 6.18. The number of rotatable bonds is 5. The van der Waals surface area contributed by atoms with Crippen molar-refractivity contribution in [3.63, 3.8) is 0 Å². The summed E-state index contributed by atoms with van der Waals surface area (Å²) in [6, 6.07) is 0. The summed E-state index contributed by atoms with van der Waals surface area (Å²) >= 11 is 0. The Labute approximate surface area is 109 Å². The molecule has 0 aromatic rings. The van der Waals surface area contributed by atoms with Crippen molar-refractivity contribution >= 4 is 5.97 Å². The number of likely N-dealkylation sites (tertiary alicyclic amines) is 2. The van der Waals surface area contributed by atoms with E-state index in [2.05, 4.69) is 28.8 Å². The van der Waals surface area contributed by atoms with Gasteiger partial charge in [-0.15, -0.1) is 0 Å². The molecule has 0 unspecified atom stereocenters. The highest BCUT2D eigenvalue weighted by Crippen LogP contribution is 2.39. The van der Waals surface area contributed by atoms with E-state index in [-0.39, 0.29) is 6.54 Å². The van der Waals surface area contributed by atoms with Gasteiger partial charge in [-0.1, -0.05) is 0 Å². The average molecular weight is 255 g/mol.